The normalized spacial score (nSPS) is 10.7. The third-order valence-corrected chi connectivity index (χ3v) is 2.58. The maximum absolute atomic E-state index is 11.4. The largest absolute Gasteiger partial charge is 0.465 e. The number of imidazole rings is 1. The maximum atomic E-state index is 11.4. The molecule has 0 fully saturated rings. The van der Waals surface area contributed by atoms with Gasteiger partial charge in [0.05, 0.1) is 36.6 Å². The van der Waals surface area contributed by atoms with Crippen molar-refractivity contribution in [2.45, 2.75) is 6.54 Å². The van der Waals surface area contributed by atoms with E-state index < -0.39 is 0 Å². The Kier molecular flexibility index (Phi) is 3.39. The summed E-state index contributed by atoms with van der Waals surface area (Å²) in [5, 5.41) is 0. The van der Waals surface area contributed by atoms with E-state index >= 15 is 0 Å². The lowest BCUT2D eigenvalue weighted by molar-refractivity contribution is 0.0601. The molecule has 5 nitrogen and oxygen atoms in total. The van der Waals surface area contributed by atoms with E-state index in [0.29, 0.717) is 18.7 Å². The second-order valence-electron chi connectivity index (χ2n) is 3.63. The number of fused-ring (bicyclic) bond motifs is 1. The number of carbonyl (C=O) groups is 1. The number of nitrogens with zero attached hydrogens (tertiary/aromatic N) is 2. The van der Waals surface area contributed by atoms with Crippen LogP contribution in [-0.4, -0.2) is 36.3 Å². The van der Waals surface area contributed by atoms with Crippen molar-refractivity contribution in [3.63, 3.8) is 0 Å². The summed E-state index contributed by atoms with van der Waals surface area (Å²) >= 11 is 0. The first kappa shape index (κ1) is 11.6. The fourth-order valence-electron chi connectivity index (χ4n) is 1.67. The highest BCUT2D eigenvalue weighted by Gasteiger charge is 2.09. The lowest BCUT2D eigenvalue weighted by atomic mass is 10.2. The van der Waals surface area contributed by atoms with Crippen LogP contribution < -0.4 is 0 Å². The van der Waals surface area contributed by atoms with Gasteiger partial charge in [0.15, 0.2) is 0 Å². The van der Waals surface area contributed by atoms with Crippen LogP contribution in [-0.2, 0) is 16.0 Å². The predicted octanol–water partition coefficient (Wildman–Crippen LogP) is 1.47. The molecule has 1 aromatic carbocycles. The first-order valence-corrected chi connectivity index (χ1v) is 5.28. The smallest absolute Gasteiger partial charge is 0.337 e. The molecule has 0 saturated heterocycles. The van der Waals surface area contributed by atoms with E-state index in [1.165, 1.54) is 7.11 Å². The molecule has 0 unspecified atom stereocenters. The first-order chi connectivity index (χ1) is 8.26. The Morgan fingerprint density at radius 2 is 2.24 bits per heavy atom. The molecule has 0 aliphatic carbocycles. The van der Waals surface area contributed by atoms with E-state index in [0.717, 1.165) is 11.0 Å². The summed E-state index contributed by atoms with van der Waals surface area (Å²) in [7, 11) is 3.02. The highest BCUT2D eigenvalue weighted by Crippen LogP contribution is 2.15. The van der Waals surface area contributed by atoms with Crippen molar-refractivity contribution in [3.8, 4) is 0 Å². The van der Waals surface area contributed by atoms with Gasteiger partial charge in [-0.05, 0) is 18.2 Å². The van der Waals surface area contributed by atoms with Crippen molar-refractivity contribution in [3.05, 3.63) is 30.1 Å². The van der Waals surface area contributed by atoms with Crippen LogP contribution in [0.25, 0.3) is 11.0 Å². The third kappa shape index (κ3) is 2.29. The second kappa shape index (κ2) is 4.97. The van der Waals surface area contributed by atoms with Crippen molar-refractivity contribution >= 4 is 17.0 Å². The van der Waals surface area contributed by atoms with E-state index in [1.807, 2.05) is 10.6 Å². The quantitative estimate of drug-likeness (QED) is 0.752. The van der Waals surface area contributed by atoms with Crippen LogP contribution in [0, 0.1) is 0 Å². The van der Waals surface area contributed by atoms with Gasteiger partial charge >= 0.3 is 5.97 Å². The van der Waals surface area contributed by atoms with Crippen molar-refractivity contribution in [1.82, 2.24) is 9.55 Å². The standard InChI is InChI=1S/C12H14N2O3/c1-16-6-5-14-8-13-10-4-3-9(7-11(10)14)12(15)17-2/h3-4,7-8H,5-6H2,1-2H3. The van der Waals surface area contributed by atoms with Crippen LogP contribution in [0.5, 0.6) is 0 Å². The molecule has 0 N–H and O–H groups in total. The van der Waals surface area contributed by atoms with Crippen LogP contribution in [0.1, 0.15) is 10.4 Å². The first-order valence-electron chi connectivity index (χ1n) is 5.28. The van der Waals surface area contributed by atoms with Crippen molar-refractivity contribution in [1.29, 1.82) is 0 Å². The molecule has 1 aromatic heterocycles. The van der Waals surface area contributed by atoms with Crippen LogP contribution in [0.4, 0.5) is 0 Å². The van der Waals surface area contributed by atoms with Gasteiger partial charge in [0.1, 0.15) is 0 Å². The number of carbonyl (C=O) groups excluding carboxylic acids is 1. The zero-order chi connectivity index (χ0) is 12.3. The molecule has 0 atom stereocenters. The summed E-state index contributed by atoms with van der Waals surface area (Å²) in [6, 6.07) is 5.30. The van der Waals surface area contributed by atoms with Crippen LogP contribution in [0.3, 0.4) is 0 Å². The van der Waals surface area contributed by atoms with Gasteiger partial charge in [-0.15, -0.1) is 0 Å². The molecule has 5 heteroatoms. The fourth-order valence-corrected chi connectivity index (χ4v) is 1.67. The molecule has 0 saturated carbocycles. The maximum Gasteiger partial charge on any atom is 0.337 e. The summed E-state index contributed by atoms with van der Waals surface area (Å²) in [6.07, 6.45) is 1.74. The number of aromatic nitrogens is 2. The zero-order valence-corrected chi connectivity index (χ0v) is 9.84. The number of rotatable bonds is 4. The van der Waals surface area contributed by atoms with E-state index in [1.54, 1.807) is 25.6 Å². The molecule has 0 aliphatic heterocycles. The Bertz CT molecular complexity index is 534. The summed E-state index contributed by atoms with van der Waals surface area (Å²) in [5.41, 5.74) is 2.29. The molecule has 0 spiro atoms. The Hall–Kier alpha value is -1.88. The Balaban J connectivity index is 2.39. The number of hydrogen-bond donors (Lipinski definition) is 0. The van der Waals surface area contributed by atoms with Crippen molar-refractivity contribution < 1.29 is 14.3 Å². The van der Waals surface area contributed by atoms with Gasteiger partial charge in [0.25, 0.3) is 0 Å². The Morgan fingerprint density at radius 3 is 2.94 bits per heavy atom. The van der Waals surface area contributed by atoms with E-state index in [9.17, 15) is 4.79 Å². The molecule has 0 radical (unpaired) electrons. The van der Waals surface area contributed by atoms with E-state index in [2.05, 4.69) is 9.72 Å². The highest BCUT2D eigenvalue weighted by atomic mass is 16.5. The van der Waals surface area contributed by atoms with Crippen molar-refractivity contribution in [2.24, 2.45) is 0 Å². The minimum Gasteiger partial charge on any atom is -0.465 e. The van der Waals surface area contributed by atoms with Gasteiger partial charge in [0.2, 0.25) is 0 Å². The number of esters is 1. The average Bonchev–Trinajstić information content (AvgIpc) is 2.77. The second-order valence-corrected chi connectivity index (χ2v) is 3.63. The molecule has 0 bridgehead atoms. The average molecular weight is 234 g/mol. The van der Waals surface area contributed by atoms with Gasteiger partial charge in [-0.25, -0.2) is 9.78 Å². The minimum absolute atomic E-state index is 0.341. The van der Waals surface area contributed by atoms with Gasteiger partial charge in [0, 0.05) is 13.7 Å². The predicted molar refractivity (Wildman–Crippen MR) is 62.9 cm³/mol. The monoisotopic (exact) mass is 234 g/mol. The van der Waals surface area contributed by atoms with E-state index in [4.69, 9.17) is 4.74 Å². The molecular formula is C12H14N2O3. The number of methoxy groups -OCH3 is 2. The topological polar surface area (TPSA) is 53.4 Å². The summed E-state index contributed by atoms with van der Waals surface area (Å²) in [5.74, 6) is -0.341. The zero-order valence-electron chi connectivity index (χ0n) is 9.84. The van der Waals surface area contributed by atoms with Crippen LogP contribution >= 0.6 is 0 Å². The third-order valence-electron chi connectivity index (χ3n) is 2.58. The molecular weight excluding hydrogens is 220 g/mol. The summed E-state index contributed by atoms with van der Waals surface area (Å²) in [4.78, 5) is 15.7. The lowest BCUT2D eigenvalue weighted by Crippen LogP contribution is -2.04. The Labute approximate surface area is 99.0 Å². The SMILES string of the molecule is COCCn1cnc2ccc(C(=O)OC)cc21. The van der Waals surface area contributed by atoms with Crippen molar-refractivity contribution in [2.75, 3.05) is 20.8 Å². The van der Waals surface area contributed by atoms with E-state index in [-0.39, 0.29) is 5.97 Å². The molecule has 90 valence electrons. The number of benzene rings is 1. The molecule has 0 aliphatic rings. The fraction of sp³-hybridized carbons (Fsp3) is 0.333. The van der Waals surface area contributed by atoms with Gasteiger partial charge in [-0.1, -0.05) is 0 Å². The summed E-state index contributed by atoms with van der Waals surface area (Å²) in [6.45, 7) is 1.31. The molecule has 2 aromatic rings. The molecule has 17 heavy (non-hydrogen) atoms. The molecule has 1 heterocycles. The summed E-state index contributed by atoms with van der Waals surface area (Å²) < 4.78 is 11.7. The Morgan fingerprint density at radius 1 is 1.41 bits per heavy atom. The van der Waals surface area contributed by atoms with Crippen LogP contribution in [0.2, 0.25) is 0 Å². The number of hydrogen-bond acceptors (Lipinski definition) is 4. The van der Waals surface area contributed by atoms with Gasteiger partial charge in [-0.2, -0.15) is 0 Å². The highest BCUT2D eigenvalue weighted by molar-refractivity contribution is 5.93. The lowest BCUT2D eigenvalue weighted by Gasteiger charge is -2.04. The van der Waals surface area contributed by atoms with Gasteiger partial charge in [-0.3, -0.25) is 0 Å². The minimum atomic E-state index is -0.341. The molecule has 0 amide bonds. The van der Waals surface area contributed by atoms with Crippen LogP contribution in [0.15, 0.2) is 24.5 Å². The number of ether oxygens (including phenoxy) is 2. The molecule has 2 rings (SSSR count). The van der Waals surface area contributed by atoms with Gasteiger partial charge < -0.3 is 14.0 Å².